The lowest BCUT2D eigenvalue weighted by Gasteiger charge is -1.96. The summed E-state index contributed by atoms with van der Waals surface area (Å²) in [6, 6.07) is 0. The molecule has 2 nitrogen and oxygen atoms in total. The van der Waals surface area contributed by atoms with Gasteiger partial charge >= 0.3 is 0 Å². The zero-order valence-electron chi connectivity index (χ0n) is 5.44. The van der Waals surface area contributed by atoms with Crippen LogP contribution in [-0.2, 0) is 5.11 Å². The van der Waals surface area contributed by atoms with Crippen LogP contribution in [0, 0.1) is 0 Å². The minimum atomic E-state index is 0.0748. The second-order valence-corrected chi connectivity index (χ2v) is 1.76. The van der Waals surface area contributed by atoms with Gasteiger partial charge in [-0.2, -0.15) is 0 Å². The number of hydrogen-bond acceptors (Lipinski definition) is 1. The van der Waals surface area contributed by atoms with E-state index in [9.17, 15) is 5.11 Å². The molecule has 0 aliphatic heterocycles. The van der Waals surface area contributed by atoms with Crippen molar-refractivity contribution in [2.45, 2.75) is 19.8 Å². The van der Waals surface area contributed by atoms with E-state index in [1.54, 1.807) is 0 Å². The van der Waals surface area contributed by atoms with E-state index in [1.165, 1.54) is 0 Å². The molecule has 1 radical (unpaired) electrons. The van der Waals surface area contributed by atoms with Crippen molar-refractivity contribution in [2.24, 2.45) is 0 Å². The molecule has 0 fully saturated rings. The van der Waals surface area contributed by atoms with Gasteiger partial charge in [-0.15, -0.1) is 0 Å². The fraction of sp³-hybridized carbons (Fsp3) is 1.00. The third-order valence-electron chi connectivity index (χ3n) is 0.998. The Morgan fingerprint density at radius 2 is 2.12 bits per heavy atom. The lowest BCUT2D eigenvalue weighted by Crippen LogP contribution is -2.13. The third kappa shape index (κ3) is 5.92. The van der Waals surface area contributed by atoms with Gasteiger partial charge in [0.05, 0.1) is 6.61 Å². The molecule has 0 aromatic heterocycles. The first kappa shape index (κ1) is 7.92. The second kappa shape index (κ2) is 6.92. The standard InChI is InChI=1S/C6H14NO/c1-2-7-5-3-4-6-8/h7H,2-6H2,1H3. The number of rotatable bonds is 5. The third-order valence-corrected chi connectivity index (χ3v) is 0.998. The molecule has 0 saturated carbocycles. The fourth-order valence-corrected chi connectivity index (χ4v) is 0.529. The molecule has 0 rings (SSSR count). The van der Waals surface area contributed by atoms with E-state index in [4.69, 9.17) is 0 Å². The summed E-state index contributed by atoms with van der Waals surface area (Å²) in [4.78, 5) is 0. The van der Waals surface area contributed by atoms with Crippen molar-refractivity contribution in [3.63, 3.8) is 0 Å². The van der Waals surface area contributed by atoms with E-state index in [2.05, 4.69) is 12.2 Å². The Kier molecular flexibility index (Phi) is 6.85. The van der Waals surface area contributed by atoms with Crippen LogP contribution in [0.4, 0.5) is 0 Å². The van der Waals surface area contributed by atoms with Crippen LogP contribution in [0.5, 0.6) is 0 Å². The molecule has 1 N–H and O–H groups in total. The highest BCUT2D eigenvalue weighted by Crippen LogP contribution is 1.82. The first-order valence-corrected chi connectivity index (χ1v) is 3.20. The van der Waals surface area contributed by atoms with Crippen LogP contribution in [0.3, 0.4) is 0 Å². The van der Waals surface area contributed by atoms with Crippen molar-refractivity contribution >= 4 is 0 Å². The average molecular weight is 116 g/mol. The van der Waals surface area contributed by atoms with Crippen LogP contribution >= 0.6 is 0 Å². The van der Waals surface area contributed by atoms with Gasteiger partial charge in [-0.1, -0.05) is 6.92 Å². The molecule has 8 heavy (non-hydrogen) atoms. The summed E-state index contributed by atoms with van der Waals surface area (Å²) in [5.41, 5.74) is 0. The van der Waals surface area contributed by atoms with Gasteiger partial charge in [0.1, 0.15) is 0 Å². The topological polar surface area (TPSA) is 31.9 Å². The molecule has 0 heterocycles. The minimum Gasteiger partial charge on any atom is -0.317 e. The summed E-state index contributed by atoms with van der Waals surface area (Å²) in [6.45, 7) is 4.15. The van der Waals surface area contributed by atoms with Crippen molar-refractivity contribution in [3.05, 3.63) is 0 Å². The predicted octanol–water partition coefficient (Wildman–Crippen LogP) is 0.807. The Morgan fingerprint density at radius 3 is 2.62 bits per heavy atom. The van der Waals surface area contributed by atoms with Gasteiger partial charge in [0.2, 0.25) is 0 Å². The first-order chi connectivity index (χ1) is 3.91. The molecular weight excluding hydrogens is 102 g/mol. The van der Waals surface area contributed by atoms with Crippen LogP contribution in [-0.4, -0.2) is 19.7 Å². The van der Waals surface area contributed by atoms with Gasteiger partial charge in [-0.25, -0.2) is 5.11 Å². The van der Waals surface area contributed by atoms with Crippen LogP contribution in [0.25, 0.3) is 0 Å². The highest BCUT2D eigenvalue weighted by Gasteiger charge is 1.83. The maximum Gasteiger partial charge on any atom is 0.0822 e. The SMILES string of the molecule is CCNCCCC[O]. The van der Waals surface area contributed by atoms with Crippen molar-refractivity contribution in [2.75, 3.05) is 19.7 Å². The molecule has 0 aromatic rings. The van der Waals surface area contributed by atoms with E-state index in [-0.39, 0.29) is 6.61 Å². The van der Waals surface area contributed by atoms with E-state index < -0.39 is 0 Å². The largest absolute Gasteiger partial charge is 0.317 e. The molecule has 0 aliphatic rings. The zero-order chi connectivity index (χ0) is 6.24. The van der Waals surface area contributed by atoms with E-state index in [1.807, 2.05) is 0 Å². The summed E-state index contributed by atoms with van der Waals surface area (Å²) in [5, 5.41) is 13.0. The molecule has 0 bridgehead atoms. The molecule has 0 atom stereocenters. The van der Waals surface area contributed by atoms with Gasteiger partial charge < -0.3 is 5.32 Å². The molecule has 49 valence electrons. The van der Waals surface area contributed by atoms with E-state index in [0.717, 1.165) is 25.9 Å². The summed E-state index contributed by atoms with van der Waals surface area (Å²) >= 11 is 0. The fourth-order valence-electron chi connectivity index (χ4n) is 0.529. The molecule has 0 spiro atoms. The van der Waals surface area contributed by atoms with Crippen LogP contribution < -0.4 is 5.32 Å². The van der Waals surface area contributed by atoms with E-state index in [0.29, 0.717) is 0 Å². The first-order valence-electron chi connectivity index (χ1n) is 3.20. The van der Waals surface area contributed by atoms with Gasteiger partial charge in [0.15, 0.2) is 0 Å². The van der Waals surface area contributed by atoms with E-state index >= 15 is 0 Å². The van der Waals surface area contributed by atoms with Gasteiger partial charge in [-0.05, 0) is 25.9 Å². The maximum absolute atomic E-state index is 9.87. The summed E-state index contributed by atoms with van der Waals surface area (Å²) in [6.07, 6.45) is 1.84. The van der Waals surface area contributed by atoms with Crippen LogP contribution in [0.2, 0.25) is 0 Å². The van der Waals surface area contributed by atoms with Crippen molar-refractivity contribution in [1.82, 2.24) is 5.32 Å². The van der Waals surface area contributed by atoms with Crippen LogP contribution in [0.15, 0.2) is 0 Å². The zero-order valence-corrected chi connectivity index (χ0v) is 5.44. The summed E-state index contributed by atoms with van der Waals surface area (Å²) in [5.74, 6) is 0. The quantitative estimate of drug-likeness (QED) is 0.529. The Balaban J connectivity index is 2.53. The molecule has 0 amide bonds. The maximum atomic E-state index is 9.87. The molecule has 2 heteroatoms. The summed E-state index contributed by atoms with van der Waals surface area (Å²) < 4.78 is 0. The normalized spacial score (nSPS) is 9.75. The van der Waals surface area contributed by atoms with Crippen molar-refractivity contribution in [3.8, 4) is 0 Å². The smallest absolute Gasteiger partial charge is 0.0822 e. The van der Waals surface area contributed by atoms with Gasteiger partial charge in [0, 0.05) is 0 Å². The molecular formula is C6H14NO. The van der Waals surface area contributed by atoms with Gasteiger partial charge in [0.25, 0.3) is 0 Å². The van der Waals surface area contributed by atoms with Crippen molar-refractivity contribution < 1.29 is 5.11 Å². The molecule has 0 aliphatic carbocycles. The monoisotopic (exact) mass is 116 g/mol. The van der Waals surface area contributed by atoms with Crippen molar-refractivity contribution in [1.29, 1.82) is 0 Å². The molecule has 0 unspecified atom stereocenters. The van der Waals surface area contributed by atoms with Crippen LogP contribution in [0.1, 0.15) is 19.8 Å². The predicted molar refractivity (Wildman–Crippen MR) is 33.3 cm³/mol. The lowest BCUT2D eigenvalue weighted by atomic mass is 10.3. The highest BCUT2D eigenvalue weighted by molar-refractivity contribution is 4.42. The number of hydrogen-bond donors (Lipinski definition) is 1. The highest BCUT2D eigenvalue weighted by atomic mass is 16.2. The Bertz CT molecular complexity index is 33.5. The Morgan fingerprint density at radius 1 is 1.38 bits per heavy atom. The number of nitrogens with one attached hydrogen (secondary N) is 1. The summed E-state index contributed by atoms with van der Waals surface area (Å²) in [7, 11) is 0. The second-order valence-electron chi connectivity index (χ2n) is 1.76. The Labute approximate surface area is 50.9 Å². The Hall–Kier alpha value is -0.0800. The number of unbranched alkanes of at least 4 members (excludes halogenated alkanes) is 1. The molecule has 0 saturated heterocycles. The van der Waals surface area contributed by atoms with Gasteiger partial charge in [-0.3, -0.25) is 0 Å². The minimum absolute atomic E-state index is 0.0748. The average Bonchev–Trinajstić information content (AvgIpc) is 1.81. The lowest BCUT2D eigenvalue weighted by molar-refractivity contribution is 0.186. The molecule has 0 aromatic carbocycles.